The van der Waals surface area contributed by atoms with Gasteiger partial charge in [0.05, 0.1) is 34.2 Å². The quantitative estimate of drug-likeness (QED) is 0.0836. The molecule has 11 N–H and O–H groups in total. The molecular weight excluding hydrogens is 885 g/mol. The normalized spacial score (nSPS) is 29.6. The van der Waals surface area contributed by atoms with Gasteiger partial charge in [-0.2, -0.15) is 0 Å². The Hall–Kier alpha value is -5.53. The number of nitrogens with zero attached hydrogens (tertiary/aromatic N) is 4. The summed E-state index contributed by atoms with van der Waals surface area (Å²) in [7, 11) is 1.00. The van der Waals surface area contributed by atoms with E-state index < -0.39 is 58.5 Å². The topological polar surface area (TPSA) is 281 Å². The molecule has 5 aliphatic heterocycles. The summed E-state index contributed by atoms with van der Waals surface area (Å²) < 4.78 is 18.6. The Morgan fingerprint density at radius 1 is 1.03 bits per heavy atom. The third-order valence-electron chi connectivity index (χ3n) is 14.2. The molecule has 378 valence electrons. The lowest BCUT2D eigenvalue weighted by Crippen LogP contribution is -2.43. The van der Waals surface area contributed by atoms with Crippen molar-refractivity contribution < 1.29 is 49.0 Å². The molecule has 5 bridgehead atoms. The van der Waals surface area contributed by atoms with Crippen LogP contribution in [0.3, 0.4) is 0 Å². The van der Waals surface area contributed by atoms with E-state index in [2.05, 4.69) is 24.1 Å². The maximum Gasteiger partial charge on any atom is 0.327 e. The number of phenols is 2. The molecule has 7 atom stereocenters. The molecule has 18 heteroatoms. The molecule has 18 nitrogen and oxygen atoms in total. The van der Waals surface area contributed by atoms with Crippen LogP contribution in [0, 0.1) is 36.5 Å². The third kappa shape index (κ3) is 10.9. The minimum absolute atomic E-state index is 0.0183. The van der Waals surface area contributed by atoms with Gasteiger partial charge in [-0.25, -0.2) is 5.84 Å². The van der Waals surface area contributed by atoms with E-state index >= 15 is 0 Å². The van der Waals surface area contributed by atoms with Gasteiger partial charge in [-0.15, -0.1) is 0 Å². The second-order valence-corrected chi connectivity index (χ2v) is 20.4. The molecule has 3 unspecified atom stereocenters. The molecule has 69 heavy (non-hydrogen) atoms. The number of hydrogen-bond acceptors (Lipinski definition) is 17. The lowest BCUT2D eigenvalue weighted by atomic mass is 9.80. The summed E-state index contributed by atoms with van der Waals surface area (Å²) in [4.78, 5) is 54.9. The van der Waals surface area contributed by atoms with E-state index in [1.165, 1.54) is 19.4 Å². The second kappa shape index (κ2) is 20.8. The van der Waals surface area contributed by atoms with E-state index in [9.17, 15) is 29.7 Å². The Labute approximate surface area is 404 Å². The summed E-state index contributed by atoms with van der Waals surface area (Å²) in [5, 5.41) is 47.4. The van der Waals surface area contributed by atoms with Crippen LogP contribution in [0.15, 0.2) is 58.0 Å². The van der Waals surface area contributed by atoms with Crippen molar-refractivity contribution in [3.63, 3.8) is 0 Å². The van der Waals surface area contributed by atoms with Crippen LogP contribution in [0.5, 0.6) is 17.2 Å². The van der Waals surface area contributed by atoms with Gasteiger partial charge in [0.15, 0.2) is 11.4 Å². The zero-order chi connectivity index (χ0) is 50.9. The number of hydrazine groups is 1. The largest absolute Gasteiger partial charge is 0.507 e. The number of phenolic OH excluding ortho intramolecular Hbond substituents is 2. The van der Waals surface area contributed by atoms with Gasteiger partial charge in [0, 0.05) is 80.8 Å². The summed E-state index contributed by atoms with van der Waals surface area (Å²) in [5.41, 5.74) is 11.7. The number of carbonyl (C=O) groups excluding carboxylic acids is 3. The first kappa shape index (κ1) is 52.8. The Balaban J connectivity index is 0.00000386. The van der Waals surface area contributed by atoms with Gasteiger partial charge in [-0.3, -0.25) is 24.4 Å². The molecule has 1 saturated heterocycles. The summed E-state index contributed by atoms with van der Waals surface area (Å²) in [6.45, 7) is 18.8. The molecular formula is C51H74N8O10. The van der Waals surface area contributed by atoms with E-state index in [-0.39, 0.29) is 74.1 Å². The van der Waals surface area contributed by atoms with Crippen LogP contribution in [0.4, 0.5) is 5.69 Å². The highest BCUT2D eigenvalue weighted by atomic mass is 16.7. The zero-order valence-electron chi connectivity index (χ0n) is 41.8. The highest BCUT2D eigenvalue weighted by Gasteiger charge is 2.50. The Kier molecular flexibility index (Phi) is 15.9. The number of benzene rings is 2. The molecule has 2 aromatic carbocycles. The summed E-state index contributed by atoms with van der Waals surface area (Å²) in [5.74, 6) is 1.09. The number of allylic oxidation sites excluding steroid dienone is 4. The van der Waals surface area contributed by atoms with Crippen molar-refractivity contribution in [1.29, 1.82) is 0 Å². The zero-order valence-corrected chi connectivity index (χ0v) is 41.8. The molecule has 0 aromatic heterocycles. The minimum Gasteiger partial charge on any atom is -0.507 e. The lowest BCUT2D eigenvalue weighted by molar-refractivity contribution is -0.159. The Bertz CT molecular complexity index is 2560. The number of anilines is 1. The van der Waals surface area contributed by atoms with Crippen LogP contribution < -0.4 is 38.1 Å². The number of aliphatic hydroxyl groups excluding tert-OH is 2. The van der Waals surface area contributed by atoms with Crippen LogP contribution in [-0.2, 0) is 19.1 Å². The number of ketones is 1. The first-order chi connectivity index (χ1) is 32.5. The standard InChI is InChI=1S/C50H70N8O9.CH4O/c1-26(2)23-57-19-17-50(18-20-57)55-38-35-36-42(61)32(8)45-37(35)46(63)48(9,67-45)65-21-11-14-28(4)44(66-34(59)25-58(53)24-33(51)49(52)15-16-49)31(7)41(60)30(6)22-27(3)12-10-13-29(5)47(64)54-40(43(36)62)39(38)56-50;1-2/h10-13,21,24,26-28,30-31,41,44,60-62H,14-20,22-23,25,51-53H2,1-9H3,(H,54,64);2H,1H3/b12-10+,21-11+,29-13-,33-24-;/t27-,28+,30+,31+,41?,44?,48?;/m0./s1. The summed E-state index contributed by atoms with van der Waals surface area (Å²) in [6.07, 6.45) is 11.7. The number of likely N-dealkylation sites (tertiary alicyclic amines) is 1. The van der Waals surface area contributed by atoms with Gasteiger partial charge in [-0.05, 0) is 69.3 Å². The molecule has 1 saturated carbocycles. The molecule has 1 spiro atoms. The van der Waals surface area contributed by atoms with Gasteiger partial charge < -0.3 is 61.3 Å². The van der Waals surface area contributed by atoms with Gasteiger partial charge >= 0.3 is 11.8 Å². The highest BCUT2D eigenvalue weighted by Crippen LogP contribution is 2.50. The van der Waals surface area contributed by atoms with E-state index in [1.807, 2.05) is 33.8 Å². The van der Waals surface area contributed by atoms with Crippen LogP contribution in [-0.4, -0.2) is 110 Å². The van der Waals surface area contributed by atoms with Gasteiger partial charge in [0.25, 0.3) is 11.7 Å². The predicted octanol–water partition coefficient (Wildman–Crippen LogP) is 4.21. The number of ether oxygens (including phenoxy) is 3. The number of carbonyl (C=O) groups is 3. The van der Waals surface area contributed by atoms with Crippen LogP contribution in [0.25, 0.3) is 10.8 Å². The van der Waals surface area contributed by atoms with E-state index in [4.69, 9.17) is 46.6 Å². The first-order valence-electron chi connectivity index (χ1n) is 24.1. The maximum atomic E-state index is 14.8. The number of esters is 1. The predicted molar refractivity (Wildman–Crippen MR) is 262 cm³/mol. The Morgan fingerprint density at radius 2 is 1.68 bits per heavy atom. The summed E-state index contributed by atoms with van der Waals surface area (Å²) >= 11 is 0. The molecule has 8 rings (SSSR count). The molecule has 6 aliphatic rings. The van der Waals surface area contributed by atoms with Crippen molar-refractivity contribution in [1.82, 2.24) is 9.91 Å². The van der Waals surface area contributed by atoms with Gasteiger partial charge in [0.2, 0.25) is 0 Å². The molecule has 1 amide bonds. The number of rotatable bonds is 7. The van der Waals surface area contributed by atoms with Gasteiger partial charge in [0.1, 0.15) is 35.2 Å². The van der Waals surface area contributed by atoms with Crippen LogP contribution in [0.1, 0.15) is 110 Å². The SMILES string of the molecule is C/C1=C/C=C/[C@H](C)C[C@@H](C)C(O)[C@@H](C)C(OC(=O)CN(N)/C=C(\N)C2(N)CC2)[C@H](C)C/C=C/OC2(C)Oc3c(C)c(O)c4c(O)c(c5c(c4c3C2=O)=NC2(CCN(CC(C)C)CC2)N=5)NC1=O.CO. The number of hydrogen-bond donors (Lipinski definition) is 8. The second-order valence-electron chi connectivity index (χ2n) is 20.4. The van der Waals surface area contributed by atoms with Crippen molar-refractivity contribution in [3.05, 3.63) is 69.9 Å². The van der Waals surface area contributed by atoms with E-state index in [0.717, 1.165) is 31.5 Å². The minimum atomic E-state index is -1.91. The van der Waals surface area contributed by atoms with Crippen molar-refractivity contribution in [2.24, 2.45) is 56.9 Å². The Morgan fingerprint density at radius 3 is 2.32 bits per heavy atom. The van der Waals surface area contributed by atoms with Crippen molar-refractivity contribution in [3.8, 4) is 17.2 Å². The van der Waals surface area contributed by atoms with E-state index in [1.54, 1.807) is 32.1 Å². The number of nitrogens with two attached hydrogens (primary N) is 3. The number of Topliss-reactive ketones (excluding diaryl/α,β-unsaturated/α-hetero) is 1. The highest BCUT2D eigenvalue weighted by molar-refractivity contribution is 6.19. The molecule has 1 aliphatic carbocycles. The third-order valence-corrected chi connectivity index (χ3v) is 14.2. The van der Waals surface area contributed by atoms with E-state index in [0.29, 0.717) is 56.0 Å². The lowest BCUT2D eigenvalue weighted by Gasteiger charge is -2.36. The van der Waals surface area contributed by atoms with Crippen LogP contribution >= 0.6 is 0 Å². The van der Waals surface area contributed by atoms with Crippen molar-refractivity contribution >= 4 is 34.1 Å². The number of amides is 1. The average molecular weight is 959 g/mol. The molecule has 2 aromatic rings. The van der Waals surface area contributed by atoms with Crippen molar-refractivity contribution in [2.45, 2.75) is 130 Å². The number of nitrogens with one attached hydrogen (secondary N) is 1. The monoisotopic (exact) mass is 959 g/mol. The molecule has 0 radical (unpaired) electrons. The fourth-order valence-electron chi connectivity index (χ4n) is 9.91. The average Bonchev–Trinajstić information content (AvgIpc) is 3.87. The number of piperidine rings is 1. The van der Waals surface area contributed by atoms with Crippen LogP contribution in [0.2, 0.25) is 0 Å². The van der Waals surface area contributed by atoms with Gasteiger partial charge in [-0.1, -0.05) is 59.8 Å². The molecule has 2 fully saturated rings. The number of fused-ring (bicyclic) bond motifs is 13. The fraction of sp³-hybridized carbons (Fsp3) is 0.588. The maximum absolute atomic E-state index is 14.8. The fourth-order valence-corrected chi connectivity index (χ4v) is 9.91. The smallest absolute Gasteiger partial charge is 0.327 e. The summed E-state index contributed by atoms with van der Waals surface area (Å²) in [6, 6.07) is 0. The first-order valence-corrected chi connectivity index (χ1v) is 24.1. The number of aromatic hydroxyl groups is 2. The van der Waals surface area contributed by atoms with Crippen molar-refractivity contribution in [2.75, 3.05) is 38.6 Å². The molecule has 5 heterocycles. The number of aliphatic hydroxyl groups is 2.